The van der Waals surface area contributed by atoms with Gasteiger partial charge in [-0.15, -0.1) is 0 Å². The van der Waals surface area contributed by atoms with E-state index in [1.54, 1.807) is 0 Å². The topological polar surface area (TPSA) is 11.4 Å². The fourth-order valence-corrected chi connectivity index (χ4v) is 9.65. The Morgan fingerprint density at radius 1 is 0.222 bits per heavy atom. The largest absolute Gasteiger partial charge is 0.310 e. The molecule has 11 aromatic carbocycles. The van der Waals surface area contributed by atoms with Crippen LogP contribution in [0.4, 0.5) is 34.1 Å². The molecule has 0 atom stereocenters. The second kappa shape index (κ2) is 15.3. The van der Waals surface area contributed by atoms with E-state index in [2.05, 4.69) is 263 Å². The fraction of sp³-hybridized carbons (Fsp3) is 0. The predicted molar refractivity (Wildman–Crippen MR) is 268 cm³/mol. The van der Waals surface area contributed by atoms with Gasteiger partial charge in [0.25, 0.3) is 0 Å². The van der Waals surface area contributed by atoms with E-state index in [-0.39, 0.29) is 0 Å². The maximum Gasteiger partial charge on any atom is 0.0542 e. The molecule has 0 amide bonds. The molecule has 0 aliphatic heterocycles. The molecule has 0 N–H and O–H groups in total. The van der Waals surface area contributed by atoms with Crippen molar-refractivity contribution in [3.63, 3.8) is 0 Å². The van der Waals surface area contributed by atoms with E-state index in [1.165, 1.54) is 54.2 Å². The molecule has 0 radical (unpaired) electrons. The smallest absolute Gasteiger partial charge is 0.0542 e. The van der Waals surface area contributed by atoms with Gasteiger partial charge in [-0.3, -0.25) is 0 Å². The minimum Gasteiger partial charge on any atom is -0.310 e. The molecule has 1 aromatic heterocycles. The molecular weight excluding hydrogens is 763 g/mol. The summed E-state index contributed by atoms with van der Waals surface area (Å²) in [7, 11) is 0. The summed E-state index contributed by atoms with van der Waals surface area (Å²) in [6.45, 7) is 0. The highest BCUT2D eigenvalue weighted by atomic mass is 15.1. The van der Waals surface area contributed by atoms with Crippen molar-refractivity contribution in [3.05, 3.63) is 249 Å². The molecule has 12 rings (SSSR count). The Hall–Kier alpha value is -8.40. The van der Waals surface area contributed by atoms with E-state index < -0.39 is 0 Å². The van der Waals surface area contributed by atoms with Gasteiger partial charge in [0, 0.05) is 50.6 Å². The monoisotopic (exact) mass is 803 g/mol. The Bertz CT molecular complexity index is 3380. The van der Waals surface area contributed by atoms with Gasteiger partial charge in [0.1, 0.15) is 0 Å². The molecule has 0 fully saturated rings. The minimum atomic E-state index is 1.09. The van der Waals surface area contributed by atoms with Crippen LogP contribution in [0.5, 0.6) is 0 Å². The summed E-state index contributed by atoms with van der Waals surface area (Å²) in [5.41, 5.74) is 12.5. The number of benzene rings is 11. The third-order valence-electron chi connectivity index (χ3n) is 12.5. The first-order valence-electron chi connectivity index (χ1n) is 21.6. The van der Waals surface area contributed by atoms with E-state index >= 15 is 0 Å². The average molecular weight is 804 g/mol. The van der Waals surface area contributed by atoms with Gasteiger partial charge in [-0.2, -0.15) is 0 Å². The van der Waals surface area contributed by atoms with Gasteiger partial charge in [-0.1, -0.05) is 146 Å². The Labute approximate surface area is 366 Å². The van der Waals surface area contributed by atoms with Crippen LogP contribution >= 0.6 is 0 Å². The van der Waals surface area contributed by atoms with Gasteiger partial charge in [0.15, 0.2) is 0 Å². The Morgan fingerprint density at radius 3 is 1.06 bits per heavy atom. The summed E-state index contributed by atoms with van der Waals surface area (Å²) < 4.78 is 2.46. The number of para-hydroxylation sites is 4. The zero-order valence-electron chi connectivity index (χ0n) is 34.5. The van der Waals surface area contributed by atoms with Crippen molar-refractivity contribution in [2.24, 2.45) is 0 Å². The normalized spacial score (nSPS) is 11.5. The van der Waals surface area contributed by atoms with Crippen molar-refractivity contribution in [2.75, 3.05) is 9.80 Å². The molecule has 0 saturated heterocycles. The molecule has 63 heavy (non-hydrogen) atoms. The second-order valence-corrected chi connectivity index (χ2v) is 16.2. The lowest BCUT2D eigenvalue weighted by Crippen LogP contribution is -2.09. The van der Waals surface area contributed by atoms with Crippen LogP contribution in [0.3, 0.4) is 0 Å². The SMILES string of the molecule is c1ccc(-c2ccc3c4ccccc4c4ccc(-n5c6ccc(N(c7ccccc7)c7ccccc7)cc6c6cc(N(c7ccccc7)c7ccccc7)ccc65)cc4c3c2)cc1. The number of anilines is 6. The molecule has 0 aliphatic carbocycles. The highest BCUT2D eigenvalue weighted by Gasteiger charge is 2.21. The summed E-state index contributed by atoms with van der Waals surface area (Å²) in [6.07, 6.45) is 0. The Kier molecular flexibility index (Phi) is 8.83. The summed E-state index contributed by atoms with van der Waals surface area (Å²) in [4.78, 5) is 4.70. The lowest BCUT2D eigenvalue weighted by Gasteiger charge is -2.26. The van der Waals surface area contributed by atoms with Gasteiger partial charge in [0.05, 0.1) is 11.0 Å². The van der Waals surface area contributed by atoms with Gasteiger partial charge >= 0.3 is 0 Å². The fourth-order valence-electron chi connectivity index (χ4n) is 9.65. The van der Waals surface area contributed by atoms with Crippen LogP contribution in [0.25, 0.3) is 70.9 Å². The van der Waals surface area contributed by atoms with Gasteiger partial charge in [0.2, 0.25) is 0 Å². The number of rotatable bonds is 8. The van der Waals surface area contributed by atoms with Gasteiger partial charge in [-0.25, -0.2) is 0 Å². The first-order valence-corrected chi connectivity index (χ1v) is 21.6. The molecule has 12 aromatic rings. The average Bonchev–Trinajstić information content (AvgIpc) is 3.68. The lowest BCUT2D eigenvalue weighted by atomic mass is 9.92. The molecular formula is C60H41N3. The number of hydrogen-bond donors (Lipinski definition) is 0. The van der Waals surface area contributed by atoms with E-state index in [4.69, 9.17) is 0 Å². The van der Waals surface area contributed by atoms with Crippen molar-refractivity contribution < 1.29 is 0 Å². The molecule has 0 spiro atoms. The van der Waals surface area contributed by atoms with E-state index in [9.17, 15) is 0 Å². The molecule has 296 valence electrons. The summed E-state index contributed by atoms with van der Waals surface area (Å²) in [5, 5.41) is 9.89. The van der Waals surface area contributed by atoms with Crippen molar-refractivity contribution in [3.8, 4) is 16.8 Å². The third-order valence-corrected chi connectivity index (χ3v) is 12.5. The Balaban J connectivity index is 1.13. The van der Waals surface area contributed by atoms with E-state index in [0.29, 0.717) is 0 Å². The van der Waals surface area contributed by atoms with Crippen LogP contribution < -0.4 is 9.80 Å². The lowest BCUT2D eigenvalue weighted by molar-refractivity contribution is 1.18. The van der Waals surface area contributed by atoms with Crippen molar-refractivity contribution in [1.29, 1.82) is 0 Å². The van der Waals surface area contributed by atoms with Crippen molar-refractivity contribution >= 4 is 88.2 Å². The van der Waals surface area contributed by atoms with Crippen molar-refractivity contribution in [2.45, 2.75) is 0 Å². The molecule has 3 heteroatoms. The van der Waals surface area contributed by atoms with Gasteiger partial charge < -0.3 is 14.4 Å². The second-order valence-electron chi connectivity index (χ2n) is 16.2. The maximum absolute atomic E-state index is 2.46. The van der Waals surface area contributed by atoms with Crippen LogP contribution in [0.1, 0.15) is 0 Å². The number of aromatic nitrogens is 1. The standard InChI is InChI=1S/C60H41N3/c1-6-18-42(19-7-1)43-30-34-53-51-28-16-17-29-52(51)54-35-31-50(39-56(54)55(53)38-43)63-59-36-32-48(61(44-20-8-2-9-21-44)45-22-10-3-11-23-45)40-57(59)58-41-49(33-37-60(58)63)62(46-24-12-4-13-25-46)47-26-14-5-15-27-47/h1-41H. The number of hydrogen-bond acceptors (Lipinski definition) is 2. The molecule has 0 saturated carbocycles. The minimum absolute atomic E-state index is 1.09. The van der Waals surface area contributed by atoms with E-state index in [0.717, 1.165) is 50.8 Å². The summed E-state index contributed by atoms with van der Waals surface area (Å²) in [5.74, 6) is 0. The first kappa shape index (κ1) is 36.5. The quantitative estimate of drug-likeness (QED) is 0.142. The Morgan fingerprint density at radius 2 is 0.603 bits per heavy atom. The maximum atomic E-state index is 2.46. The summed E-state index contributed by atoms with van der Waals surface area (Å²) in [6, 6.07) is 90.2. The molecule has 3 nitrogen and oxygen atoms in total. The predicted octanol–water partition coefficient (Wildman–Crippen LogP) is 16.8. The van der Waals surface area contributed by atoms with Crippen LogP contribution in [0.15, 0.2) is 249 Å². The van der Waals surface area contributed by atoms with E-state index in [1.807, 2.05) is 0 Å². The number of fused-ring (bicyclic) bond motifs is 9. The molecule has 1 heterocycles. The summed E-state index contributed by atoms with van der Waals surface area (Å²) >= 11 is 0. The highest BCUT2D eigenvalue weighted by Crippen LogP contribution is 2.44. The number of nitrogens with zero attached hydrogens (tertiary/aromatic N) is 3. The zero-order valence-corrected chi connectivity index (χ0v) is 34.5. The van der Waals surface area contributed by atoms with Crippen LogP contribution in [-0.2, 0) is 0 Å². The van der Waals surface area contributed by atoms with Crippen LogP contribution in [0, 0.1) is 0 Å². The molecule has 0 aliphatic rings. The first-order chi connectivity index (χ1) is 31.3. The van der Waals surface area contributed by atoms with Crippen molar-refractivity contribution in [1.82, 2.24) is 4.57 Å². The van der Waals surface area contributed by atoms with Crippen LogP contribution in [0.2, 0.25) is 0 Å². The zero-order chi connectivity index (χ0) is 41.7. The van der Waals surface area contributed by atoms with Crippen LogP contribution in [-0.4, -0.2) is 4.57 Å². The molecule has 0 bridgehead atoms. The van der Waals surface area contributed by atoms with Gasteiger partial charge in [-0.05, 0) is 147 Å². The third kappa shape index (κ3) is 6.29. The molecule has 0 unspecified atom stereocenters. The highest BCUT2D eigenvalue weighted by molar-refractivity contribution is 6.26.